The molecule has 18 heavy (non-hydrogen) atoms. The van der Waals surface area contributed by atoms with Gasteiger partial charge in [0.1, 0.15) is 0 Å². The average molecular weight is 251 g/mol. The zero-order valence-corrected chi connectivity index (χ0v) is 9.57. The zero-order chi connectivity index (χ0) is 13.1. The Bertz CT molecular complexity index is 460. The predicted molar refractivity (Wildman–Crippen MR) is 64.7 cm³/mol. The fourth-order valence-corrected chi connectivity index (χ4v) is 1.97. The summed E-state index contributed by atoms with van der Waals surface area (Å²) in [5.74, 6) is 0. The van der Waals surface area contributed by atoms with E-state index in [2.05, 4.69) is 5.32 Å². The standard InChI is InChI=1S/C11H13N3O4/c15-11(16)13-6-5-9(7-13)12-8-1-3-10(4-2-8)14(17)18/h1-4,9,12H,5-7H2,(H,15,16)/t9-/m1/s1. The van der Waals surface area contributed by atoms with Gasteiger partial charge >= 0.3 is 6.09 Å². The van der Waals surface area contributed by atoms with Crippen LogP contribution in [0.3, 0.4) is 0 Å². The second-order valence-electron chi connectivity index (χ2n) is 4.16. The van der Waals surface area contributed by atoms with Crippen molar-refractivity contribution in [3.05, 3.63) is 34.4 Å². The van der Waals surface area contributed by atoms with E-state index in [1.54, 1.807) is 12.1 Å². The van der Waals surface area contributed by atoms with Crippen molar-refractivity contribution in [3.63, 3.8) is 0 Å². The quantitative estimate of drug-likeness (QED) is 0.630. The molecular formula is C11H13N3O4. The fraction of sp³-hybridized carbons (Fsp3) is 0.364. The molecule has 1 aliphatic heterocycles. The third kappa shape index (κ3) is 2.68. The number of rotatable bonds is 3. The van der Waals surface area contributed by atoms with Gasteiger partial charge in [-0.15, -0.1) is 0 Å². The number of hydrogen-bond donors (Lipinski definition) is 2. The number of non-ortho nitro benzene ring substituents is 1. The van der Waals surface area contributed by atoms with Gasteiger partial charge in [-0.3, -0.25) is 10.1 Å². The van der Waals surface area contributed by atoms with E-state index in [4.69, 9.17) is 5.11 Å². The maximum atomic E-state index is 10.7. The van der Waals surface area contributed by atoms with Crippen LogP contribution in [-0.4, -0.2) is 40.2 Å². The Labute approximate surface area is 103 Å². The van der Waals surface area contributed by atoms with E-state index >= 15 is 0 Å². The summed E-state index contributed by atoms with van der Waals surface area (Å²) in [6, 6.07) is 6.16. The summed E-state index contributed by atoms with van der Waals surface area (Å²) < 4.78 is 0. The first kappa shape index (κ1) is 12.2. The van der Waals surface area contributed by atoms with Crippen LogP contribution in [0.25, 0.3) is 0 Å². The number of nitrogens with one attached hydrogen (secondary N) is 1. The maximum Gasteiger partial charge on any atom is 0.407 e. The lowest BCUT2D eigenvalue weighted by molar-refractivity contribution is -0.384. The highest BCUT2D eigenvalue weighted by molar-refractivity contribution is 5.65. The van der Waals surface area contributed by atoms with E-state index in [1.165, 1.54) is 17.0 Å². The lowest BCUT2D eigenvalue weighted by Crippen LogP contribution is -2.30. The number of nitro groups is 1. The molecular weight excluding hydrogens is 238 g/mol. The molecule has 1 aromatic carbocycles. The van der Waals surface area contributed by atoms with Gasteiger partial charge in [0.2, 0.25) is 0 Å². The summed E-state index contributed by atoms with van der Waals surface area (Å²) in [7, 11) is 0. The molecule has 1 heterocycles. The third-order valence-corrected chi connectivity index (χ3v) is 2.91. The molecule has 7 nitrogen and oxygen atoms in total. The van der Waals surface area contributed by atoms with Crippen molar-refractivity contribution in [2.45, 2.75) is 12.5 Å². The van der Waals surface area contributed by atoms with E-state index in [-0.39, 0.29) is 11.7 Å². The van der Waals surface area contributed by atoms with Crippen molar-refractivity contribution >= 4 is 17.5 Å². The van der Waals surface area contributed by atoms with Crippen molar-refractivity contribution in [1.29, 1.82) is 0 Å². The minimum absolute atomic E-state index is 0.0409. The highest BCUT2D eigenvalue weighted by Gasteiger charge is 2.25. The van der Waals surface area contributed by atoms with Crippen LogP contribution in [0.5, 0.6) is 0 Å². The van der Waals surface area contributed by atoms with Crippen molar-refractivity contribution in [2.24, 2.45) is 0 Å². The lowest BCUT2D eigenvalue weighted by atomic mass is 10.2. The molecule has 1 atom stereocenters. The Morgan fingerprint density at radius 3 is 2.61 bits per heavy atom. The smallest absolute Gasteiger partial charge is 0.407 e. The SMILES string of the molecule is O=C(O)N1CC[C@@H](Nc2ccc([N+](=O)[O-])cc2)C1. The maximum absolute atomic E-state index is 10.7. The Morgan fingerprint density at radius 2 is 2.11 bits per heavy atom. The van der Waals surface area contributed by atoms with Gasteiger partial charge in [-0.2, -0.15) is 0 Å². The van der Waals surface area contributed by atoms with E-state index < -0.39 is 11.0 Å². The molecule has 7 heteroatoms. The first-order valence-electron chi connectivity index (χ1n) is 5.55. The van der Waals surface area contributed by atoms with E-state index in [0.29, 0.717) is 13.1 Å². The largest absolute Gasteiger partial charge is 0.465 e. The van der Waals surface area contributed by atoms with Crippen molar-refractivity contribution < 1.29 is 14.8 Å². The van der Waals surface area contributed by atoms with Gasteiger partial charge in [0.15, 0.2) is 0 Å². The van der Waals surface area contributed by atoms with Gasteiger partial charge in [0, 0.05) is 37.0 Å². The molecule has 0 aromatic heterocycles. The topological polar surface area (TPSA) is 95.7 Å². The van der Waals surface area contributed by atoms with Crippen LogP contribution in [0.1, 0.15) is 6.42 Å². The summed E-state index contributed by atoms with van der Waals surface area (Å²) >= 11 is 0. The monoisotopic (exact) mass is 251 g/mol. The number of hydrogen-bond acceptors (Lipinski definition) is 4. The minimum Gasteiger partial charge on any atom is -0.465 e. The van der Waals surface area contributed by atoms with Crippen LogP contribution in [0.15, 0.2) is 24.3 Å². The number of likely N-dealkylation sites (tertiary alicyclic amines) is 1. The molecule has 1 amide bonds. The molecule has 0 unspecified atom stereocenters. The van der Waals surface area contributed by atoms with Crippen LogP contribution >= 0.6 is 0 Å². The first-order valence-corrected chi connectivity index (χ1v) is 5.55. The molecule has 0 spiro atoms. The van der Waals surface area contributed by atoms with Crippen molar-refractivity contribution in [3.8, 4) is 0 Å². The second kappa shape index (κ2) is 4.91. The number of nitro benzene ring substituents is 1. The Hall–Kier alpha value is -2.31. The fourth-order valence-electron chi connectivity index (χ4n) is 1.97. The Kier molecular flexibility index (Phi) is 3.31. The normalized spacial score (nSPS) is 18.7. The highest BCUT2D eigenvalue weighted by Crippen LogP contribution is 2.19. The number of anilines is 1. The molecule has 96 valence electrons. The van der Waals surface area contributed by atoms with Gasteiger partial charge in [0.05, 0.1) is 4.92 Å². The van der Waals surface area contributed by atoms with Crippen LogP contribution < -0.4 is 5.32 Å². The minimum atomic E-state index is -0.914. The number of benzene rings is 1. The molecule has 0 bridgehead atoms. The number of carbonyl (C=O) groups is 1. The van der Waals surface area contributed by atoms with Crippen LogP contribution in [0.2, 0.25) is 0 Å². The van der Waals surface area contributed by atoms with Gasteiger partial charge in [-0.1, -0.05) is 0 Å². The molecule has 0 radical (unpaired) electrons. The Morgan fingerprint density at radius 1 is 1.44 bits per heavy atom. The average Bonchev–Trinajstić information content (AvgIpc) is 2.78. The number of amides is 1. The highest BCUT2D eigenvalue weighted by atomic mass is 16.6. The van der Waals surface area contributed by atoms with Crippen LogP contribution in [0, 0.1) is 10.1 Å². The van der Waals surface area contributed by atoms with Gasteiger partial charge in [-0.05, 0) is 18.6 Å². The van der Waals surface area contributed by atoms with Gasteiger partial charge in [0.25, 0.3) is 5.69 Å². The summed E-state index contributed by atoms with van der Waals surface area (Å²) in [5.41, 5.74) is 0.803. The second-order valence-corrected chi connectivity index (χ2v) is 4.16. The molecule has 1 saturated heterocycles. The molecule has 0 aliphatic carbocycles. The number of carboxylic acid groups (broad SMARTS) is 1. The van der Waals surface area contributed by atoms with Gasteiger partial charge in [-0.25, -0.2) is 4.79 Å². The first-order chi connectivity index (χ1) is 8.56. The van der Waals surface area contributed by atoms with Crippen molar-refractivity contribution in [1.82, 2.24) is 4.90 Å². The van der Waals surface area contributed by atoms with Crippen molar-refractivity contribution in [2.75, 3.05) is 18.4 Å². The third-order valence-electron chi connectivity index (χ3n) is 2.91. The van der Waals surface area contributed by atoms with E-state index in [0.717, 1.165) is 12.1 Å². The Balaban J connectivity index is 1.94. The number of nitrogens with zero attached hydrogens (tertiary/aromatic N) is 2. The molecule has 1 fully saturated rings. The van der Waals surface area contributed by atoms with E-state index in [9.17, 15) is 14.9 Å². The predicted octanol–water partition coefficient (Wildman–Crippen LogP) is 1.76. The zero-order valence-electron chi connectivity index (χ0n) is 9.57. The summed E-state index contributed by atoms with van der Waals surface area (Å²) in [4.78, 5) is 22.1. The summed E-state index contributed by atoms with van der Waals surface area (Å²) in [6.07, 6.45) is -0.175. The lowest BCUT2D eigenvalue weighted by Gasteiger charge is -2.14. The molecule has 2 rings (SSSR count). The summed E-state index contributed by atoms with van der Waals surface area (Å²) in [5, 5.41) is 22.5. The molecule has 0 saturated carbocycles. The van der Waals surface area contributed by atoms with Crippen LogP contribution in [0.4, 0.5) is 16.2 Å². The van der Waals surface area contributed by atoms with Gasteiger partial charge < -0.3 is 15.3 Å². The van der Waals surface area contributed by atoms with E-state index in [1.807, 2.05) is 0 Å². The molecule has 2 N–H and O–H groups in total. The summed E-state index contributed by atoms with van der Waals surface area (Å²) in [6.45, 7) is 0.951. The molecule has 1 aromatic rings. The van der Waals surface area contributed by atoms with Crippen LogP contribution in [-0.2, 0) is 0 Å². The molecule has 1 aliphatic rings.